The van der Waals surface area contributed by atoms with Gasteiger partial charge in [-0.2, -0.15) is 18.2 Å². The Labute approximate surface area is 187 Å². The molecule has 166 valence electrons. The second kappa shape index (κ2) is 9.12. The zero-order valence-electron chi connectivity index (χ0n) is 16.2. The lowest BCUT2D eigenvalue weighted by molar-refractivity contribution is -0.137. The Morgan fingerprint density at radius 2 is 1.97 bits per heavy atom. The van der Waals surface area contributed by atoms with E-state index in [1.165, 1.54) is 35.2 Å². The first-order chi connectivity index (χ1) is 15.3. The van der Waals surface area contributed by atoms with Crippen LogP contribution in [0.15, 0.2) is 51.5 Å². The van der Waals surface area contributed by atoms with E-state index in [-0.39, 0.29) is 23.9 Å². The third-order valence-corrected chi connectivity index (χ3v) is 6.12. The van der Waals surface area contributed by atoms with Gasteiger partial charge in [-0.1, -0.05) is 35.1 Å². The highest BCUT2D eigenvalue weighted by atomic mass is 32.2. The normalized spacial score (nSPS) is 11.7. The number of benzene rings is 1. The van der Waals surface area contributed by atoms with E-state index in [0.717, 1.165) is 17.0 Å². The molecule has 2 N–H and O–H groups in total. The zero-order valence-corrected chi connectivity index (χ0v) is 17.9. The molecule has 0 saturated carbocycles. The number of alkyl halides is 3. The van der Waals surface area contributed by atoms with Gasteiger partial charge >= 0.3 is 6.18 Å². The Bertz CT molecular complexity index is 1200. The number of thioether (sulfide) groups is 1. The number of thiophene rings is 1. The quantitative estimate of drug-likeness (QED) is 0.375. The van der Waals surface area contributed by atoms with E-state index in [1.54, 1.807) is 4.57 Å². The highest BCUT2D eigenvalue weighted by Crippen LogP contribution is 2.31. The van der Waals surface area contributed by atoms with Crippen molar-refractivity contribution in [2.75, 3.05) is 0 Å². The molecule has 0 aliphatic heterocycles. The molecule has 0 radical (unpaired) electrons. The summed E-state index contributed by atoms with van der Waals surface area (Å²) in [6.07, 6.45) is -4.29. The lowest BCUT2D eigenvalue weighted by Gasteiger charge is -2.07. The van der Waals surface area contributed by atoms with Crippen molar-refractivity contribution in [1.29, 1.82) is 0 Å². The van der Waals surface area contributed by atoms with Crippen molar-refractivity contribution in [1.82, 2.24) is 24.9 Å². The lowest BCUT2D eigenvalue weighted by atomic mass is 10.1. The number of carbonyl (C=O) groups is 1. The number of rotatable bonds is 8. The predicted octanol–water partition coefficient (Wildman–Crippen LogP) is 4.24. The fraction of sp³-hybridized carbons (Fsp3) is 0.211. The number of aromatic nitrogens is 5. The van der Waals surface area contributed by atoms with Gasteiger partial charge in [0.15, 0.2) is 11.0 Å². The molecule has 3 heterocycles. The standard InChI is InChI=1S/C19H15F3N6O2S2/c20-19(21,22)12-5-3-11(4-6-12)16-24-15(30-27-16)10-32-18-26-25-17(13-2-1-9-31-13)28(18)8-7-14(23)29/h1-6,9H,7-8,10H2,(H2,23,29). The molecule has 32 heavy (non-hydrogen) atoms. The van der Waals surface area contributed by atoms with Gasteiger partial charge in [-0.15, -0.1) is 21.5 Å². The van der Waals surface area contributed by atoms with Gasteiger partial charge in [-0.05, 0) is 23.6 Å². The summed E-state index contributed by atoms with van der Waals surface area (Å²) in [7, 11) is 0. The number of amides is 1. The fourth-order valence-corrected chi connectivity index (χ4v) is 4.29. The molecule has 0 bridgehead atoms. The van der Waals surface area contributed by atoms with E-state index in [4.69, 9.17) is 10.3 Å². The molecule has 0 saturated heterocycles. The molecule has 0 aliphatic carbocycles. The van der Waals surface area contributed by atoms with E-state index < -0.39 is 17.6 Å². The van der Waals surface area contributed by atoms with Gasteiger partial charge in [0, 0.05) is 18.5 Å². The van der Waals surface area contributed by atoms with Crippen molar-refractivity contribution in [3.63, 3.8) is 0 Å². The summed E-state index contributed by atoms with van der Waals surface area (Å²) in [5.74, 6) is 0.896. The average molecular weight is 480 g/mol. The van der Waals surface area contributed by atoms with E-state index >= 15 is 0 Å². The van der Waals surface area contributed by atoms with Gasteiger partial charge in [-0.3, -0.25) is 4.79 Å². The summed E-state index contributed by atoms with van der Waals surface area (Å²) >= 11 is 2.78. The molecule has 1 amide bonds. The molecule has 0 unspecified atom stereocenters. The molecular weight excluding hydrogens is 465 g/mol. The summed E-state index contributed by atoms with van der Waals surface area (Å²) in [4.78, 5) is 16.4. The number of carbonyl (C=O) groups excluding carboxylic acids is 1. The molecule has 0 aliphatic rings. The van der Waals surface area contributed by atoms with Crippen LogP contribution in [0.4, 0.5) is 13.2 Å². The maximum Gasteiger partial charge on any atom is 0.416 e. The Morgan fingerprint density at radius 1 is 1.19 bits per heavy atom. The maximum atomic E-state index is 12.7. The van der Waals surface area contributed by atoms with Gasteiger partial charge < -0.3 is 14.8 Å². The van der Waals surface area contributed by atoms with Crippen molar-refractivity contribution in [2.24, 2.45) is 5.73 Å². The fourth-order valence-electron chi connectivity index (χ4n) is 2.77. The molecule has 1 aromatic carbocycles. The highest BCUT2D eigenvalue weighted by Gasteiger charge is 2.30. The molecule has 0 atom stereocenters. The largest absolute Gasteiger partial charge is 0.416 e. The number of halogens is 3. The molecule has 0 fully saturated rings. The van der Waals surface area contributed by atoms with Crippen molar-refractivity contribution in [3.8, 4) is 22.1 Å². The monoisotopic (exact) mass is 480 g/mol. The summed E-state index contributed by atoms with van der Waals surface area (Å²) in [5.41, 5.74) is 4.94. The minimum absolute atomic E-state index is 0.128. The Balaban J connectivity index is 1.48. The van der Waals surface area contributed by atoms with Gasteiger partial charge in [0.05, 0.1) is 16.2 Å². The first-order valence-corrected chi connectivity index (χ1v) is 11.1. The second-order valence-corrected chi connectivity index (χ2v) is 8.42. The predicted molar refractivity (Wildman–Crippen MR) is 111 cm³/mol. The van der Waals surface area contributed by atoms with Crippen LogP contribution in [0.1, 0.15) is 17.9 Å². The third-order valence-electron chi connectivity index (χ3n) is 4.30. The molecule has 0 spiro atoms. The lowest BCUT2D eigenvalue weighted by Crippen LogP contribution is -2.14. The average Bonchev–Trinajstić information content (AvgIpc) is 3.50. The van der Waals surface area contributed by atoms with Crippen LogP contribution in [0, 0.1) is 0 Å². The minimum Gasteiger partial charge on any atom is -0.370 e. The second-order valence-electron chi connectivity index (χ2n) is 6.53. The van der Waals surface area contributed by atoms with E-state index in [1.807, 2.05) is 17.5 Å². The van der Waals surface area contributed by atoms with Crippen LogP contribution in [0.2, 0.25) is 0 Å². The van der Waals surface area contributed by atoms with Crippen molar-refractivity contribution < 1.29 is 22.5 Å². The molecule has 13 heteroatoms. The molecule has 4 rings (SSSR count). The summed E-state index contributed by atoms with van der Waals surface area (Å²) in [6, 6.07) is 8.30. The van der Waals surface area contributed by atoms with Gasteiger partial charge in [-0.25, -0.2) is 0 Å². The minimum atomic E-state index is -4.41. The summed E-state index contributed by atoms with van der Waals surface area (Å²) in [6.45, 7) is 0.318. The first-order valence-electron chi connectivity index (χ1n) is 9.19. The molecule has 4 aromatic rings. The zero-order chi connectivity index (χ0) is 22.7. The van der Waals surface area contributed by atoms with Crippen LogP contribution in [0.25, 0.3) is 22.1 Å². The molecule has 8 nitrogen and oxygen atoms in total. The number of hydrogen-bond donors (Lipinski definition) is 1. The Hall–Kier alpha value is -3.19. The summed E-state index contributed by atoms with van der Waals surface area (Å²) < 4.78 is 45.2. The van der Waals surface area contributed by atoms with Gasteiger partial charge in [0.1, 0.15) is 0 Å². The van der Waals surface area contributed by atoms with E-state index in [9.17, 15) is 18.0 Å². The van der Waals surface area contributed by atoms with Crippen LogP contribution >= 0.6 is 23.1 Å². The van der Waals surface area contributed by atoms with Crippen molar-refractivity contribution >= 4 is 29.0 Å². The van der Waals surface area contributed by atoms with Crippen LogP contribution in [-0.2, 0) is 23.3 Å². The number of hydrogen-bond acceptors (Lipinski definition) is 8. The molecule has 3 aromatic heterocycles. The summed E-state index contributed by atoms with van der Waals surface area (Å²) in [5, 5.41) is 14.7. The van der Waals surface area contributed by atoms with E-state index in [2.05, 4.69) is 20.3 Å². The Kier molecular flexibility index (Phi) is 6.28. The highest BCUT2D eigenvalue weighted by molar-refractivity contribution is 7.98. The molecular formula is C19H15F3N6O2S2. The SMILES string of the molecule is NC(=O)CCn1c(SCc2nc(-c3ccc(C(F)(F)F)cc3)no2)nnc1-c1cccs1. The maximum absolute atomic E-state index is 12.7. The number of primary amides is 1. The first kappa shape index (κ1) is 22.0. The van der Waals surface area contributed by atoms with Crippen LogP contribution in [-0.4, -0.2) is 30.8 Å². The van der Waals surface area contributed by atoms with E-state index in [0.29, 0.717) is 23.1 Å². The van der Waals surface area contributed by atoms with Crippen molar-refractivity contribution in [2.45, 2.75) is 30.1 Å². The number of nitrogens with two attached hydrogens (primary N) is 1. The smallest absolute Gasteiger partial charge is 0.370 e. The van der Waals surface area contributed by atoms with Crippen molar-refractivity contribution in [3.05, 3.63) is 53.2 Å². The van der Waals surface area contributed by atoms with Crippen LogP contribution in [0.3, 0.4) is 0 Å². The number of nitrogens with zero attached hydrogens (tertiary/aromatic N) is 5. The van der Waals surface area contributed by atoms with Crippen LogP contribution in [0.5, 0.6) is 0 Å². The van der Waals surface area contributed by atoms with Crippen LogP contribution < -0.4 is 5.73 Å². The van der Waals surface area contributed by atoms with Gasteiger partial charge in [0.25, 0.3) is 0 Å². The Morgan fingerprint density at radius 3 is 2.62 bits per heavy atom. The van der Waals surface area contributed by atoms with Gasteiger partial charge in [0.2, 0.25) is 17.6 Å². The third kappa shape index (κ3) is 4.99. The topological polar surface area (TPSA) is 113 Å².